The third-order valence-electron chi connectivity index (χ3n) is 6.16. The molecule has 0 spiro atoms. The summed E-state index contributed by atoms with van der Waals surface area (Å²) in [6.45, 7) is 2.45. The van der Waals surface area contributed by atoms with E-state index < -0.39 is 11.6 Å². The highest BCUT2D eigenvalue weighted by Gasteiger charge is 2.25. The van der Waals surface area contributed by atoms with Crippen LogP contribution in [0.25, 0.3) is 22.2 Å². The minimum absolute atomic E-state index is 0.00592. The molecule has 2 N–H and O–H groups in total. The normalized spacial score (nSPS) is 20.1. The van der Waals surface area contributed by atoms with Crippen LogP contribution in [0.15, 0.2) is 18.3 Å². The molecule has 2 aliphatic rings. The predicted octanol–water partition coefficient (Wildman–Crippen LogP) is 3.78. The van der Waals surface area contributed by atoms with Gasteiger partial charge in [0.15, 0.2) is 29.0 Å². The van der Waals surface area contributed by atoms with Gasteiger partial charge in [-0.1, -0.05) is 0 Å². The maximum atomic E-state index is 15.2. The summed E-state index contributed by atoms with van der Waals surface area (Å²) in [5, 5.41) is 7.21. The second-order valence-corrected chi connectivity index (χ2v) is 8.53. The third-order valence-corrected chi connectivity index (χ3v) is 6.16. The Balaban J connectivity index is 1.61. The second-order valence-electron chi connectivity index (χ2n) is 8.53. The highest BCUT2D eigenvalue weighted by atomic mass is 19.1. The first-order chi connectivity index (χ1) is 17.1. The van der Waals surface area contributed by atoms with Gasteiger partial charge in [-0.25, -0.2) is 23.7 Å². The SMILES string of the molecule is COc1cc(OC)c(F)c(-c2cc3cnc(NC4CCCOC4)nc3c(NC3CCOC3)n2)c1F. The number of anilines is 2. The Hall–Kier alpha value is -3.31. The van der Waals surface area contributed by atoms with Gasteiger partial charge in [-0.05, 0) is 25.3 Å². The molecule has 2 aromatic heterocycles. The fourth-order valence-electron chi connectivity index (χ4n) is 4.33. The quantitative estimate of drug-likeness (QED) is 0.516. The Morgan fingerprint density at radius 3 is 2.29 bits per heavy atom. The van der Waals surface area contributed by atoms with Crippen LogP contribution < -0.4 is 20.1 Å². The number of nitrogens with one attached hydrogen (secondary N) is 2. The molecular weight excluding hydrogens is 460 g/mol. The van der Waals surface area contributed by atoms with Crippen LogP contribution in [-0.2, 0) is 9.47 Å². The highest BCUT2D eigenvalue weighted by Crippen LogP contribution is 2.38. The van der Waals surface area contributed by atoms with Crippen LogP contribution in [0.1, 0.15) is 19.3 Å². The number of benzene rings is 1. The molecule has 186 valence electrons. The van der Waals surface area contributed by atoms with Crippen molar-refractivity contribution in [3.8, 4) is 22.8 Å². The zero-order valence-corrected chi connectivity index (χ0v) is 19.6. The van der Waals surface area contributed by atoms with Crippen LogP contribution in [0.2, 0.25) is 0 Å². The first kappa shape index (κ1) is 23.4. The first-order valence-corrected chi connectivity index (χ1v) is 11.5. The third kappa shape index (κ3) is 4.78. The van der Waals surface area contributed by atoms with Crippen LogP contribution in [0, 0.1) is 11.6 Å². The van der Waals surface area contributed by atoms with Crippen LogP contribution in [0.3, 0.4) is 0 Å². The number of halogens is 2. The Kier molecular flexibility index (Phi) is 6.78. The lowest BCUT2D eigenvalue weighted by Gasteiger charge is -2.23. The summed E-state index contributed by atoms with van der Waals surface area (Å²) < 4.78 is 51.7. The van der Waals surface area contributed by atoms with E-state index >= 15 is 8.78 Å². The van der Waals surface area contributed by atoms with E-state index in [1.54, 1.807) is 12.3 Å². The van der Waals surface area contributed by atoms with Gasteiger partial charge in [-0.15, -0.1) is 0 Å². The topological polar surface area (TPSA) is 99.7 Å². The van der Waals surface area contributed by atoms with Crippen molar-refractivity contribution in [2.24, 2.45) is 0 Å². The number of fused-ring (bicyclic) bond motifs is 1. The van der Waals surface area contributed by atoms with Crippen molar-refractivity contribution in [1.82, 2.24) is 15.0 Å². The molecule has 0 bridgehead atoms. The molecule has 9 nitrogen and oxygen atoms in total. The number of nitrogens with zero attached hydrogens (tertiary/aromatic N) is 3. The number of pyridine rings is 1. The average molecular weight is 488 g/mol. The lowest BCUT2D eigenvalue weighted by atomic mass is 10.1. The molecule has 11 heteroatoms. The molecule has 2 unspecified atom stereocenters. The molecule has 0 saturated carbocycles. The summed E-state index contributed by atoms with van der Waals surface area (Å²) in [5.74, 6) is -1.21. The highest BCUT2D eigenvalue weighted by molar-refractivity contribution is 5.92. The molecule has 2 atom stereocenters. The smallest absolute Gasteiger partial charge is 0.223 e. The van der Waals surface area contributed by atoms with Crippen molar-refractivity contribution in [2.75, 3.05) is 51.3 Å². The van der Waals surface area contributed by atoms with Crippen molar-refractivity contribution in [1.29, 1.82) is 0 Å². The van der Waals surface area contributed by atoms with E-state index in [9.17, 15) is 0 Å². The van der Waals surface area contributed by atoms with E-state index in [1.807, 2.05) is 0 Å². The summed E-state index contributed by atoms with van der Waals surface area (Å²) in [5.41, 5.74) is 0.247. The maximum Gasteiger partial charge on any atom is 0.223 e. The molecular formula is C24H27F2N5O4. The average Bonchev–Trinajstić information content (AvgIpc) is 3.38. The summed E-state index contributed by atoms with van der Waals surface area (Å²) in [6, 6.07) is 2.83. The number of aromatic nitrogens is 3. The van der Waals surface area contributed by atoms with Crippen molar-refractivity contribution < 1.29 is 27.7 Å². The van der Waals surface area contributed by atoms with Gasteiger partial charge >= 0.3 is 0 Å². The zero-order chi connectivity index (χ0) is 24.4. The Morgan fingerprint density at radius 1 is 0.914 bits per heavy atom. The molecule has 3 aromatic rings. The van der Waals surface area contributed by atoms with Crippen LogP contribution >= 0.6 is 0 Å². The first-order valence-electron chi connectivity index (χ1n) is 11.5. The molecule has 35 heavy (non-hydrogen) atoms. The van der Waals surface area contributed by atoms with E-state index in [2.05, 4.69) is 25.6 Å². The van der Waals surface area contributed by atoms with Crippen molar-refractivity contribution in [3.63, 3.8) is 0 Å². The molecule has 0 aliphatic carbocycles. The Labute approximate surface area is 201 Å². The van der Waals surface area contributed by atoms with Gasteiger partial charge in [-0.3, -0.25) is 0 Å². The summed E-state index contributed by atoms with van der Waals surface area (Å²) in [7, 11) is 2.61. The Morgan fingerprint density at radius 2 is 1.63 bits per heavy atom. The number of hydrogen-bond acceptors (Lipinski definition) is 9. The minimum Gasteiger partial charge on any atom is -0.494 e. The fraction of sp³-hybridized carbons (Fsp3) is 0.458. The molecule has 0 radical (unpaired) electrons. The molecule has 1 aromatic carbocycles. The predicted molar refractivity (Wildman–Crippen MR) is 126 cm³/mol. The van der Waals surface area contributed by atoms with Crippen molar-refractivity contribution >= 4 is 22.7 Å². The molecule has 5 rings (SSSR count). The second kappa shape index (κ2) is 10.1. The van der Waals surface area contributed by atoms with Crippen LogP contribution in [0.5, 0.6) is 11.5 Å². The lowest BCUT2D eigenvalue weighted by molar-refractivity contribution is 0.0874. The molecule has 4 heterocycles. The summed E-state index contributed by atoms with van der Waals surface area (Å²) in [6.07, 6.45) is 4.31. The van der Waals surface area contributed by atoms with Crippen molar-refractivity contribution in [3.05, 3.63) is 30.0 Å². The Bertz CT molecular complexity index is 1190. The van der Waals surface area contributed by atoms with Crippen molar-refractivity contribution in [2.45, 2.75) is 31.3 Å². The van der Waals surface area contributed by atoms with Crippen LogP contribution in [-0.4, -0.2) is 67.7 Å². The summed E-state index contributed by atoms with van der Waals surface area (Å²) >= 11 is 0. The van der Waals surface area contributed by atoms with E-state index in [1.165, 1.54) is 20.3 Å². The van der Waals surface area contributed by atoms with E-state index in [4.69, 9.17) is 18.9 Å². The van der Waals surface area contributed by atoms with Gasteiger partial charge in [0.2, 0.25) is 5.95 Å². The molecule has 0 amide bonds. The number of ether oxygens (including phenoxy) is 4. The summed E-state index contributed by atoms with van der Waals surface area (Å²) in [4.78, 5) is 13.7. The van der Waals surface area contributed by atoms with Gasteiger partial charge in [0.05, 0.1) is 50.8 Å². The van der Waals surface area contributed by atoms with E-state index in [0.717, 1.165) is 25.9 Å². The van der Waals surface area contributed by atoms with Gasteiger partial charge in [-0.2, -0.15) is 0 Å². The standard InChI is InChI=1S/C24H27F2N5O4/c1-32-17-9-18(33-2)21(26)19(20(17)25)16-8-13-10-27-24(29-14-4-3-6-34-11-14)31-22(13)23(30-16)28-15-5-7-35-12-15/h8-10,14-15H,3-7,11-12H2,1-2H3,(H,28,30)(H,27,29,31). The number of hydrogen-bond donors (Lipinski definition) is 2. The lowest BCUT2D eigenvalue weighted by Crippen LogP contribution is -2.30. The molecule has 2 aliphatic heterocycles. The number of rotatable bonds is 7. The zero-order valence-electron chi connectivity index (χ0n) is 19.6. The van der Waals surface area contributed by atoms with Gasteiger partial charge in [0.25, 0.3) is 0 Å². The molecule has 2 fully saturated rings. The number of methoxy groups -OCH3 is 2. The fourth-order valence-corrected chi connectivity index (χ4v) is 4.33. The van der Waals surface area contributed by atoms with E-state index in [0.29, 0.717) is 42.5 Å². The minimum atomic E-state index is -0.871. The molecule has 2 saturated heterocycles. The monoisotopic (exact) mass is 487 g/mol. The van der Waals surface area contributed by atoms with Gasteiger partial charge < -0.3 is 29.6 Å². The maximum absolute atomic E-state index is 15.2. The largest absolute Gasteiger partial charge is 0.494 e. The van der Waals surface area contributed by atoms with E-state index in [-0.39, 0.29) is 34.8 Å². The van der Waals surface area contributed by atoms with Gasteiger partial charge in [0, 0.05) is 30.9 Å². The van der Waals surface area contributed by atoms with Gasteiger partial charge in [0.1, 0.15) is 5.52 Å². The van der Waals surface area contributed by atoms with Crippen LogP contribution in [0.4, 0.5) is 20.5 Å².